The molecule has 2 nitrogen and oxygen atoms in total. The Hall–Kier alpha value is -0.540. The first kappa shape index (κ1) is 11.0. The van der Waals surface area contributed by atoms with Gasteiger partial charge < -0.3 is 10.5 Å². The standard InChI is InChI=1S/C12H16BrNO/c1-8(7-14)9-2-5-12(11(13)6-9)15-10-3-4-10/h2,5-6,8,10H,3-4,7,14H2,1H3. The zero-order valence-corrected chi connectivity index (χ0v) is 10.5. The molecule has 0 saturated heterocycles. The van der Waals surface area contributed by atoms with Crippen LogP contribution in [0.1, 0.15) is 31.2 Å². The first-order valence-electron chi connectivity index (χ1n) is 5.37. The number of benzene rings is 1. The van der Waals surface area contributed by atoms with Crippen molar-refractivity contribution in [2.75, 3.05) is 6.54 Å². The third-order valence-corrected chi connectivity index (χ3v) is 3.32. The van der Waals surface area contributed by atoms with Gasteiger partial charge in [-0.25, -0.2) is 0 Å². The summed E-state index contributed by atoms with van der Waals surface area (Å²) < 4.78 is 6.78. The van der Waals surface area contributed by atoms with Gasteiger partial charge in [-0.2, -0.15) is 0 Å². The van der Waals surface area contributed by atoms with Crippen molar-refractivity contribution in [2.45, 2.75) is 31.8 Å². The Kier molecular flexibility index (Phi) is 3.32. The van der Waals surface area contributed by atoms with E-state index < -0.39 is 0 Å². The van der Waals surface area contributed by atoms with E-state index in [2.05, 4.69) is 35.0 Å². The Morgan fingerprint density at radius 3 is 2.80 bits per heavy atom. The molecule has 82 valence electrons. The molecule has 0 radical (unpaired) electrons. The van der Waals surface area contributed by atoms with Crippen molar-refractivity contribution < 1.29 is 4.74 Å². The van der Waals surface area contributed by atoms with Crippen LogP contribution in [0, 0.1) is 0 Å². The minimum atomic E-state index is 0.399. The maximum Gasteiger partial charge on any atom is 0.133 e. The van der Waals surface area contributed by atoms with E-state index >= 15 is 0 Å². The molecule has 1 aliphatic rings. The summed E-state index contributed by atoms with van der Waals surface area (Å²) >= 11 is 3.54. The number of ether oxygens (including phenoxy) is 1. The van der Waals surface area contributed by atoms with Crippen LogP contribution in [-0.2, 0) is 0 Å². The summed E-state index contributed by atoms with van der Waals surface area (Å²) in [4.78, 5) is 0. The van der Waals surface area contributed by atoms with E-state index in [0.717, 1.165) is 10.2 Å². The lowest BCUT2D eigenvalue weighted by Crippen LogP contribution is -2.09. The molecule has 15 heavy (non-hydrogen) atoms. The van der Waals surface area contributed by atoms with Crippen molar-refractivity contribution in [2.24, 2.45) is 5.73 Å². The van der Waals surface area contributed by atoms with Crippen LogP contribution in [0.5, 0.6) is 5.75 Å². The highest BCUT2D eigenvalue weighted by atomic mass is 79.9. The zero-order chi connectivity index (χ0) is 10.8. The van der Waals surface area contributed by atoms with Gasteiger partial charge in [0.2, 0.25) is 0 Å². The fourth-order valence-corrected chi connectivity index (χ4v) is 1.91. The molecule has 2 N–H and O–H groups in total. The van der Waals surface area contributed by atoms with Gasteiger partial charge >= 0.3 is 0 Å². The highest BCUT2D eigenvalue weighted by Gasteiger charge is 2.24. The molecule has 1 atom stereocenters. The second-order valence-electron chi connectivity index (χ2n) is 4.14. The second kappa shape index (κ2) is 4.54. The molecular formula is C12H16BrNO. The molecule has 0 bridgehead atoms. The van der Waals surface area contributed by atoms with Gasteiger partial charge in [0.1, 0.15) is 5.75 Å². The quantitative estimate of drug-likeness (QED) is 0.912. The first-order chi connectivity index (χ1) is 7.20. The van der Waals surface area contributed by atoms with Crippen LogP contribution in [0.15, 0.2) is 22.7 Å². The topological polar surface area (TPSA) is 35.2 Å². The SMILES string of the molecule is CC(CN)c1ccc(OC2CC2)c(Br)c1. The van der Waals surface area contributed by atoms with Crippen LogP contribution in [0.2, 0.25) is 0 Å². The number of hydrogen-bond acceptors (Lipinski definition) is 2. The smallest absolute Gasteiger partial charge is 0.133 e. The van der Waals surface area contributed by atoms with Crippen molar-refractivity contribution in [3.63, 3.8) is 0 Å². The molecule has 0 spiro atoms. The Balaban J connectivity index is 2.13. The van der Waals surface area contributed by atoms with E-state index in [-0.39, 0.29) is 0 Å². The molecule has 3 heteroatoms. The van der Waals surface area contributed by atoms with Crippen LogP contribution in [-0.4, -0.2) is 12.6 Å². The van der Waals surface area contributed by atoms with Gasteiger partial charge in [0, 0.05) is 0 Å². The Bertz CT molecular complexity index is 349. The van der Waals surface area contributed by atoms with Crippen molar-refractivity contribution in [1.82, 2.24) is 0 Å². The molecule has 0 heterocycles. The lowest BCUT2D eigenvalue weighted by molar-refractivity contribution is 0.301. The number of halogens is 1. The molecule has 0 aliphatic heterocycles. The van der Waals surface area contributed by atoms with Gasteiger partial charge in [-0.1, -0.05) is 13.0 Å². The summed E-state index contributed by atoms with van der Waals surface area (Å²) in [5, 5.41) is 0. The van der Waals surface area contributed by atoms with Gasteiger partial charge in [-0.3, -0.25) is 0 Å². The minimum absolute atomic E-state index is 0.399. The summed E-state index contributed by atoms with van der Waals surface area (Å²) in [7, 11) is 0. The molecule has 2 rings (SSSR count). The lowest BCUT2D eigenvalue weighted by atomic mass is 10.0. The zero-order valence-electron chi connectivity index (χ0n) is 8.87. The number of rotatable bonds is 4. The monoisotopic (exact) mass is 269 g/mol. The van der Waals surface area contributed by atoms with Crippen molar-refractivity contribution >= 4 is 15.9 Å². The molecule has 1 aromatic rings. The predicted molar refractivity (Wildman–Crippen MR) is 65.3 cm³/mol. The van der Waals surface area contributed by atoms with Crippen LogP contribution in [0.4, 0.5) is 0 Å². The summed E-state index contributed by atoms with van der Waals surface area (Å²) in [5.41, 5.74) is 6.89. The normalized spacial score (nSPS) is 17.5. The molecule has 1 fully saturated rings. The van der Waals surface area contributed by atoms with Gasteiger partial charge in [-0.05, 0) is 58.9 Å². The molecular weight excluding hydrogens is 254 g/mol. The minimum Gasteiger partial charge on any atom is -0.489 e. The Morgan fingerprint density at radius 1 is 1.53 bits per heavy atom. The van der Waals surface area contributed by atoms with Gasteiger partial charge in [0.25, 0.3) is 0 Å². The first-order valence-corrected chi connectivity index (χ1v) is 6.16. The summed E-state index contributed by atoms with van der Waals surface area (Å²) in [5.74, 6) is 1.35. The van der Waals surface area contributed by atoms with E-state index in [1.54, 1.807) is 0 Å². The van der Waals surface area contributed by atoms with Crippen molar-refractivity contribution in [3.05, 3.63) is 28.2 Å². The van der Waals surface area contributed by atoms with E-state index in [1.807, 2.05) is 6.07 Å². The average Bonchev–Trinajstić information content (AvgIpc) is 3.04. The lowest BCUT2D eigenvalue weighted by Gasteiger charge is -2.12. The second-order valence-corrected chi connectivity index (χ2v) is 5.00. The Morgan fingerprint density at radius 2 is 2.27 bits per heavy atom. The van der Waals surface area contributed by atoms with E-state index in [0.29, 0.717) is 18.6 Å². The van der Waals surface area contributed by atoms with E-state index in [4.69, 9.17) is 10.5 Å². The van der Waals surface area contributed by atoms with Crippen LogP contribution >= 0.6 is 15.9 Å². The summed E-state index contributed by atoms with van der Waals surface area (Å²) in [6.07, 6.45) is 2.82. The highest BCUT2D eigenvalue weighted by molar-refractivity contribution is 9.10. The largest absolute Gasteiger partial charge is 0.489 e. The van der Waals surface area contributed by atoms with E-state index in [9.17, 15) is 0 Å². The molecule has 0 aromatic heterocycles. The Labute approximate surface area is 98.9 Å². The fourth-order valence-electron chi connectivity index (χ4n) is 1.42. The highest BCUT2D eigenvalue weighted by Crippen LogP contribution is 2.33. The molecule has 1 unspecified atom stereocenters. The average molecular weight is 270 g/mol. The summed E-state index contributed by atoms with van der Waals surface area (Å²) in [6, 6.07) is 6.24. The fraction of sp³-hybridized carbons (Fsp3) is 0.500. The van der Waals surface area contributed by atoms with Crippen LogP contribution in [0.3, 0.4) is 0 Å². The molecule has 1 aromatic carbocycles. The third-order valence-electron chi connectivity index (χ3n) is 2.70. The van der Waals surface area contributed by atoms with Gasteiger partial charge in [0.15, 0.2) is 0 Å². The van der Waals surface area contributed by atoms with E-state index in [1.165, 1.54) is 18.4 Å². The molecule has 0 amide bonds. The number of hydrogen-bond donors (Lipinski definition) is 1. The maximum atomic E-state index is 5.75. The van der Waals surface area contributed by atoms with Crippen molar-refractivity contribution in [3.8, 4) is 5.75 Å². The third kappa shape index (κ3) is 2.73. The predicted octanol–water partition coefficient (Wildman–Crippen LogP) is 3.05. The van der Waals surface area contributed by atoms with Gasteiger partial charge in [0.05, 0.1) is 10.6 Å². The van der Waals surface area contributed by atoms with Gasteiger partial charge in [-0.15, -0.1) is 0 Å². The van der Waals surface area contributed by atoms with Crippen LogP contribution < -0.4 is 10.5 Å². The number of nitrogens with two attached hydrogens (primary N) is 1. The maximum absolute atomic E-state index is 5.75. The molecule has 1 aliphatic carbocycles. The summed E-state index contributed by atoms with van der Waals surface area (Å²) in [6.45, 7) is 2.80. The molecule has 1 saturated carbocycles. The van der Waals surface area contributed by atoms with Crippen LogP contribution in [0.25, 0.3) is 0 Å². The van der Waals surface area contributed by atoms with Crippen molar-refractivity contribution in [1.29, 1.82) is 0 Å².